The second-order valence-corrected chi connectivity index (χ2v) is 5.45. The van der Waals surface area contributed by atoms with Gasteiger partial charge in [0.05, 0.1) is 30.0 Å². The molecule has 3 aromatic rings. The summed E-state index contributed by atoms with van der Waals surface area (Å²) in [6, 6.07) is 4.09. The van der Waals surface area contributed by atoms with Crippen molar-refractivity contribution in [3.8, 4) is 17.2 Å². The summed E-state index contributed by atoms with van der Waals surface area (Å²) in [5, 5.41) is 3.88. The van der Waals surface area contributed by atoms with Gasteiger partial charge in [0.15, 0.2) is 0 Å². The summed E-state index contributed by atoms with van der Waals surface area (Å²) < 4.78 is 20.3. The number of aromatic nitrogens is 4. The van der Waals surface area contributed by atoms with Gasteiger partial charge >= 0.3 is 0 Å². The lowest BCUT2D eigenvalue weighted by Gasteiger charge is -2.14. The summed E-state index contributed by atoms with van der Waals surface area (Å²) in [6.07, 6.45) is 1.56. The van der Waals surface area contributed by atoms with Crippen LogP contribution in [0.5, 0.6) is 0 Å². The first-order valence-corrected chi connectivity index (χ1v) is 7.23. The summed E-state index contributed by atoms with van der Waals surface area (Å²) in [7, 11) is 1.64. The van der Waals surface area contributed by atoms with Gasteiger partial charge in [0.2, 0.25) is 11.7 Å². The largest absolute Gasteiger partial charge is 0.338 e. The van der Waals surface area contributed by atoms with Gasteiger partial charge in [0.1, 0.15) is 17.8 Å². The Morgan fingerprint density at radius 3 is 2.92 bits per heavy atom. The Morgan fingerprint density at radius 1 is 1.40 bits per heavy atom. The normalized spacial score (nSPS) is 13.1. The molecule has 0 unspecified atom stereocenters. The molecule has 0 radical (unpaired) electrons. The minimum absolute atomic E-state index is 0. The van der Waals surface area contributed by atoms with Crippen LogP contribution >= 0.6 is 12.4 Å². The fraction of sp³-hybridized carbons (Fsp3) is 0.200. The molecular weight excluding hydrogens is 351 g/mol. The number of nitrogens with two attached hydrogens (primary N) is 1. The molecule has 130 valence electrons. The SMILES string of the molecule is CN1Cc2c(-c3noc(CN)n3)ncn2-c2ccc(F)cc2C1=O.Cl. The molecule has 3 heterocycles. The lowest BCUT2D eigenvalue weighted by molar-refractivity contribution is 0.0787. The molecule has 4 rings (SSSR count). The zero-order valence-electron chi connectivity index (χ0n) is 13.1. The lowest BCUT2D eigenvalue weighted by atomic mass is 10.1. The van der Waals surface area contributed by atoms with E-state index in [0.29, 0.717) is 28.8 Å². The molecule has 0 saturated heterocycles. The molecule has 25 heavy (non-hydrogen) atoms. The van der Waals surface area contributed by atoms with E-state index in [0.717, 1.165) is 0 Å². The zero-order chi connectivity index (χ0) is 16.8. The fourth-order valence-corrected chi connectivity index (χ4v) is 2.74. The summed E-state index contributed by atoms with van der Waals surface area (Å²) >= 11 is 0. The third-order valence-electron chi connectivity index (χ3n) is 3.90. The Bertz CT molecular complexity index is 953. The molecule has 1 aliphatic rings. The van der Waals surface area contributed by atoms with Crippen molar-refractivity contribution in [2.24, 2.45) is 5.73 Å². The second-order valence-electron chi connectivity index (χ2n) is 5.45. The average Bonchev–Trinajstić information content (AvgIpc) is 3.18. The van der Waals surface area contributed by atoms with Crippen LogP contribution in [0, 0.1) is 5.82 Å². The van der Waals surface area contributed by atoms with Crippen molar-refractivity contribution in [1.82, 2.24) is 24.6 Å². The highest BCUT2D eigenvalue weighted by Crippen LogP contribution is 2.29. The molecule has 8 nitrogen and oxygen atoms in total. The molecule has 0 atom stereocenters. The van der Waals surface area contributed by atoms with Crippen LogP contribution in [0.25, 0.3) is 17.2 Å². The Balaban J connectivity index is 0.00000182. The molecule has 0 bridgehead atoms. The number of hydrogen-bond donors (Lipinski definition) is 1. The van der Waals surface area contributed by atoms with Crippen molar-refractivity contribution < 1.29 is 13.7 Å². The number of carbonyl (C=O) groups excluding carboxylic acids is 1. The Labute approximate surface area is 147 Å². The van der Waals surface area contributed by atoms with Crippen molar-refractivity contribution in [3.63, 3.8) is 0 Å². The van der Waals surface area contributed by atoms with E-state index in [1.807, 2.05) is 0 Å². The first-order chi connectivity index (χ1) is 11.6. The van der Waals surface area contributed by atoms with Gasteiger partial charge in [-0.05, 0) is 18.2 Å². The molecule has 1 aromatic carbocycles. The van der Waals surface area contributed by atoms with Crippen LogP contribution < -0.4 is 5.73 Å². The van der Waals surface area contributed by atoms with Crippen LogP contribution in [0.1, 0.15) is 21.9 Å². The maximum Gasteiger partial charge on any atom is 0.256 e. The average molecular weight is 365 g/mol. The van der Waals surface area contributed by atoms with Crippen LogP contribution in [0.3, 0.4) is 0 Å². The first kappa shape index (κ1) is 17.1. The molecule has 10 heteroatoms. The van der Waals surface area contributed by atoms with Crippen LogP contribution in [0.15, 0.2) is 29.0 Å². The van der Waals surface area contributed by atoms with Crippen LogP contribution in [-0.4, -0.2) is 37.5 Å². The number of hydrogen-bond acceptors (Lipinski definition) is 6. The van der Waals surface area contributed by atoms with Gasteiger partial charge in [0, 0.05) is 7.05 Å². The van der Waals surface area contributed by atoms with E-state index in [1.54, 1.807) is 24.0 Å². The maximum absolute atomic E-state index is 13.6. The highest BCUT2D eigenvalue weighted by molar-refractivity contribution is 5.98. The molecule has 2 N–H and O–H groups in total. The van der Waals surface area contributed by atoms with Crippen molar-refractivity contribution in [2.45, 2.75) is 13.1 Å². The predicted molar refractivity (Wildman–Crippen MR) is 87.8 cm³/mol. The molecular formula is C15H14ClFN6O2. The molecule has 1 aliphatic heterocycles. The van der Waals surface area contributed by atoms with Crippen LogP contribution in [-0.2, 0) is 13.1 Å². The van der Waals surface area contributed by atoms with Gasteiger partial charge in [-0.15, -0.1) is 12.4 Å². The lowest BCUT2D eigenvalue weighted by Crippen LogP contribution is -2.25. The molecule has 2 aromatic heterocycles. The number of fused-ring (bicyclic) bond motifs is 3. The minimum Gasteiger partial charge on any atom is -0.338 e. The number of amides is 1. The highest BCUT2D eigenvalue weighted by Gasteiger charge is 2.28. The van der Waals surface area contributed by atoms with E-state index in [2.05, 4.69) is 15.1 Å². The quantitative estimate of drug-likeness (QED) is 0.739. The molecule has 0 aliphatic carbocycles. The Hall–Kier alpha value is -2.78. The Morgan fingerprint density at radius 2 is 2.20 bits per heavy atom. The minimum atomic E-state index is -0.468. The first-order valence-electron chi connectivity index (χ1n) is 7.23. The number of halogens is 2. The third kappa shape index (κ3) is 2.67. The zero-order valence-corrected chi connectivity index (χ0v) is 14.0. The predicted octanol–water partition coefficient (Wildman–Crippen LogP) is 1.53. The van der Waals surface area contributed by atoms with E-state index < -0.39 is 5.82 Å². The van der Waals surface area contributed by atoms with E-state index in [4.69, 9.17) is 10.3 Å². The smallest absolute Gasteiger partial charge is 0.256 e. The van der Waals surface area contributed by atoms with Crippen molar-refractivity contribution in [3.05, 3.63) is 47.5 Å². The molecule has 0 fully saturated rings. The molecule has 1 amide bonds. The van der Waals surface area contributed by atoms with Gasteiger partial charge in [-0.2, -0.15) is 4.98 Å². The van der Waals surface area contributed by atoms with Gasteiger partial charge in [-0.25, -0.2) is 9.37 Å². The van der Waals surface area contributed by atoms with Crippen molar-refractivity contribution in [2.75, 3.05) is 7.05 Å². The van der Waals surface area contributed by atoms with Gasteiger partial charge in [-0.3, -0.25) is 9.36 Å². The van der Waals surface area contributed by atoms with Crippen molar-refractivity contribution >= 4 is 18.3 Å². The standard InChI is InChI=1S/C15H13FN6O2.ClH/c1-21-6-11-13(14-19-12(5-17)24-20-14)18-7-22(11)10-3-2-8(16)4-9(10)15(21)23;/h2-4,7H,5-6,17H2,1H3;1H. The maximum atomic E-state index is 13.6. The number of benzene rings is 1. The second kappa shape index (κ2) is 6.26. The number of rotatable bonds is 2. The molecule has 0 saturated carbocycles. The summed E-state index contributed by atoms with van der Waals surface area (Å²) in [5.41, 5.74) is 7.52. The highest BCUT2D eigenvalue weighted by atomic mass is 35.5. The van der Waals surface area contributed by atoms with Gasteiger partial charge in [0.25, 0.3) is 5.91 Å². The van der Waals surface area contributed by atoms with Gasteiger partial charge in [-0.1, -0.05) is 5.16 Å². The van der Waals surface area contributed by atoms with Crippen LogP contribution in [0.2, 0.25) is 0 Å². The fourth-order valence-electron chi connectivity index (χ4n) is 2.74. The van der Waals surface area contributed by atoms with Crippen LogP contribution in [0.4, 0.5) is 4.39 Å². The van der Waals surface area contributed by atoms with Crippen molar-refractivity contribution in [1.29, 1.82) is 0 Å². The van der Waals surface area contributed by atoms with E-state index >= 15 is 0 Å². The summed E-state index contributed by atoms with van der Waals surface area (Å²) in [6.45, 7) is 0.403. The Kier molecular flexibility index (Phi) is 4.27. The third-order valence-corrected chi connectivity index (χ3v) is 3.90. The van der Waals surface area contributed by atoms with E-state index in [9.17, 15) is 9.18 Å². The monoisotopic (exact) mass is 364 g/mol. The van der Waals surface area contributed by atoms with E-state index in [1.165, 1.54) is 17.0 Å². The topological polar surface area (TPSA) is 103 Å². The van der Waals surface area contributed by atoms with Gasteiger partial charge < -0.3 is 15.2 Å². The summed E-state index contributed by atoms with van der Waals surface area (Å²) in [5.74, 6) is -0.136. The van der Waals surface area contributed by atoms with E-state index in [-0.39, 0.29) is 37.0 Å². The number of imidazole rings is 1. The number of carbonyl (C=O) groups is 1. The molecule has 0 spiro atoms. The number of nitrogens with zero attached hydrogens (tertiary/aromatic N) is 5. The summed E-state index contributed by atoms with van der Waals surface area (Å²) in [4.78, 5) is 22.5.